The highest BCUT2D eigenvalue weighted by Crippen LogP contribution is 2.39. The highest BCUT2D eigenvalue weighted by Gasteiger charge is 2.23. The molecule has 147 heavy (non-hydrogen) atoms. The van der Waals surface area contributed by atoms with Crippen LogP contribution in [0.1, 0.15) is 276 Å². The molecule has 816 valence electrons. The highest BCUT2D eigenvalue weighted by molar-refractivity contribution is 5.81. The van der Waals surface area contributed by atoms with Crippen molar-refractivity contribution in [3.63, 3.8) is 0 Å². The molecule has 9 aromatic carbocycles. The molecule has 0 aliphatic heterocycles. The lowest BCUT2D eigenvalue weighted by Gasteiger charge is -2.20. The van der Waals surface area contributed by atoms with E-state index in [1.807, 2.05) is 138 Å². The maximum Gasteiger partial charge on any atom is 0.306 e. The van der Waals surface area contributed by atoms with E-state index in [9.17, 15) is 92.4 Å². The first-order chi connectivity index (χ1) is 70.1. The normalized spacial score (nSPS) is 12.9. The first kappa shape index (κ1) is 131. The van der Waals surface area contributed by atoms with Crippen molar-refractivity contribution in [2.75, 3.05) is 59.8 Å². The fraction of sp³-hybridized carbons (Fsp3) is 0.478. The highest BCUT2D eigenvalue weighted by atomic mass is 18.2. The van der Waals surface area contributed by atoms with E-state index in [1.165, 1.54) is 48.9 Å². The van der Waals surface area contributed by atoms with Crippen LogP contribution in [0.3, 0.4) is 0 Å². The number of phenolic OH excluding ortho intramolecular Hbond substituents is 5. The molecular formula is C115H164F6N6O20. The number of hydrogen-bond acceptors (Lipinski definition) is 22. The predicted molar refractivity (Wildman–Crippen MR) is 572 cm³/mol. The number of alkyl halides is 6. The Bertz CT molecular complexity index is 5370. The molecule has 0 radical (unpaired) electrons. The number of aromatic hydroxyl groups is 5. The molecule has 0 saturated carbocycles. The second kappa shape index (κ2) is 74.8. The van der Waals surface area contributed by atoms with Gasteiger partial charge >= 0.3 is 5.97 Å². The van der Waals surface area contributed by atoms with Gasteiger partial charge in [-0.1, -0.05) is 205 Å². The van der Waals surface area contributed by atoms with Crippen molar-refractivity contribution >= 4 is 34.3 Å². The van der Waals surface area contributed by atoms with Crippen LogP contribution in [0.4, 0.5) is 26.3 Å². The summed E-state index contributed by atoms with van der Waals surface area (Å²) < 4.78 is 94.4. The van der Waals surface area contributed by atoms with E-state index in [1.54, 1.807) is 74.5 Å². The zero-order valence-corrected chi connectivity index (χ0v) is 88.0. The third-order valence-electron chi connectivity index (χ3n) is 23.4. The van der Waals surface area contributed by atoms with E-state index in [0.717, 1.165) is 133 Å². The van der Waals surface area contributed by atoms with Gasteiger partial charge in [-0.25, -0.2) is 26.3 Å². The molecule has 20 N–H and O–H groups in total. The Balaban J connectivity index is 0.000000559. The number of hydrogen-bond donors (Lipinski definition) is 18. The lowest BCUT2D eigenvalue weighted by Crippen LogP contribution is -2.12. The van der Waals surface area contributed by atoms with Crippen LogP contribution >= 0.6 is 0 Å². The number of aromatic nitrogens is 1. The van der Waals surface area contributed by atoms with Crippen molar-refractivity contribution in [2.45, 2.75) is 264 Å². The number of carboxylic acids is 1. The molecule has 32 heteroatoms. The van der Waals surface area contributed by atoms with Crippen LogP contribution in [0, 0.1) is 40.9 Å². The number of carboxylic acid groups (broad SMARTS) is 1. The van der Waals surface area contributed by atoms with Crippen molar-refractivity contribution in [3.05, 3.63) is 266 Å². The maximum atomic E-state index is 12.3. The molecule has 10 aromatic rings. The molecule has 1 heterocycles. The summed E-state index contributed by atoms with van der Waals surface area (Å²) in [6, 6.07) is 52.7. The molecule has 9 atom stereocenters. The minimum absolute atomic E-state index is 0.0568. The standard InChI is InChI=1S/2C15H24O3.C13H16FN3.C13H18FNO.C13H20O3.C12H15FO5.C12H17FO2.C11H15FN2O.C11H15FO2/c1-3-11(2)4-7-15(18)12-5-6-13(9-16)14(8-12)10-17;1-3-4-5-11(2)15(18)12-6-7-13(9-16)14(8-12)10-17;1-10(15)16-9-11-2-3-13-12(8-11)4-6-17(13)7-5-14;1-11(15)4-2-5-12-6-3-7-13(10-12)16-9-8-14;1-3-4-5-9(2)13(16)10-6-7-11(14)12(15)8-10;1-7(12(16)17)4-8-5-9(14)11(10(15)6-8)18-3-2-13;1-9(2)12(14)10-4-3-5-11(8-10)15-7-6-13;1-9(13)14-8-10-3-2-4-11(7-10)15-6-5-12;1-7(2)11(14)8-3-4-9(6-12)10(13)5-8/h5-6,8,11,15-18H,3-4,7,9-10H2,1-2H3;6-8,11,15-18H,3-5,9-10H2,1-2H3;2-4,6,8H,5,7,9H2,1H3,(H2,15,16);3,6-7,10,15H,2,4-5,8-9H2,1H3;6-9,13-16H,3-5H2,1-2H3;5-7,14-15H,2-4H2,1H3,(H,16,17);3-5,8-9,12,14H,6-7H2,1-2H3;2-4,7H,5-6,8H2,1H3,(H2,13,14);3-5,7,11,13-14H,6H2,1-2H3/i;;2*14-1;;2*13-1;2*12-1. The number of nitrogens with one attached hydrogen (secondary N) is 1. The summed E-state index contributed by atoms with van der Waals surface area (Å²) in [6.07, 6.45) is 11.4. The Morgan fingerprint density at radius 1 is 0.422 bits per heavy atom. The number of carbonyl (C=O) groups is 1. The molecule has 0 bridgehead atoms. The number of halogens is 6. The van der Waals surface area contributed by atoms with Crippen molar-refractivity contribution in [2.24, 2.45) is 57.0 Å². The maximum absolute atomic E-state index is 12.3. The van der Waals surface area contributed by atoms with Crippen molar-refractivity contribution in [1.82, 2.24) is 4.57 Å². The molecule has 9 unspecified atom stereocenters. The lowest BCUT2D eigenvalue weighted by molar-refractivity contribution is -0.141. The average Bonchev–Trinajstić information content (AvgIpc) is 1.66. The van der Waals surface area contributed by atoms with Gasteiger partial charge in [0.15, 0.2) is 23.0 Å². The average molecular weight is 2060 g/mol. The Kier molecular flexibility index (Phi) is 66.7. The second-order valence-corrected chi connectivity index (χ2v) is 36.6. The fourth-order valence-corrected chi connectivity index (χ4v) is 14.4. The van der Waals surface area contributed by atoms with Crippen LogP contribution in [0.25, 0.3) is 10.9 Å². The van der Waals surface area contributed by atoms with E-state index in [0.29, 0.717) is 82.3 Å². The number of aliphatic hydroxyl groups is 9. The molecule has 0 saturated heterocycles. The number of aryl methyl sites for hydroxylation is 2. The van der Waals surface area contributed by atoms with Crippen molar-refractivity contribution in [1.29, 1.82) is 5.41 Å². The lowest BCUT2D eigenvalue weighted by atomic mass is 9.91. The fourth-order valence-electron chi connectivity index (χ4n) is 14.4. The van der Waals surface area contributed by atoms with E-state index >= 15 is 0 Å². The summed E-state index contributed by atoms with van der Waals surface area (Å²) in [5, 5.41) is 151. The molecule has 1 aromatic heterocycles. The number of rotatable bonds is 49. The Labute approximate surface area is 864 Å². The summed E-state index contributed by atoms with van der Waals surface area (Å²) in [4.78, 5) is 18.9. The number of amidine groups is 2. The number of aliphatic hydroxyl groups excluding tert-OH is 9. The van der Waals surface area contributed by atoms with Gasteiger partial charge < -0.3 is 117 Å². The third kappa shape index (κ3) is 52.0. The van der Waals surface area contributed by atoms with Gasteiger partial charge in [0.25, 0.3) is 0 Å². The number of benzene rings is 9. The minimum atomic E-state index is -0.966. The first-order valence-electron chi connectivity index (χ1n) is 50.1. The molecule has 10 rings (SSSR count). The number of nitrogens with two attached hydrogens (primary N) is 2. The molecule has 0 aliphatic rings. The summed E-state index contributed by atoms with van der Waals surface area (Å²) in [5.74, 6) is 1.42. The SMILES string of the molecule is CC(=N)CCCc1cccc(OCC[18F])c1.CC(C)C(O)c1ccc(C[18F])c(O)c1.CC(C)C(O)c1cccc(OCC[18F])c1.CC(Cc1cc(O)c(OCC[18F])c(O)c1)C(=O)O.CC(N)=NCc1ccc2c(ccn2CC[18F])c1.CC(N)=NCc1cccc(OCC[18F])c1.CCC(C)CCC(O)c1ccc(CO)c(CO)c1.CCCCC(C)C(O)c1ccc(CO)c(CO)c1.CCCCC(C)C(O)c1ccc(O)c(O)c1. The number of phenols is 5. The topological polar surface area (TPSA) is 463 Å². The van der Waals surface area contributed by atoms with E-state index < -0.39 is 75.8 Å². The van der Waals surface area contributed by atoms with Crippen molar-refractivity contribution < 1.29 is 127 Å². The Hall–Kier alpha value is -12.0. The van der Waals surface area contributed by atoms with Crippen LogP contribution in [-0.4, -0.2) is 164 Å². The number of fused-ring (bicyclic) bond motifs is 1. The summed E-state index contributed by atoms with van der Waals surface area (Å²) in [5.41, 5.74) is 23.2. The molecule has 26 nitrogen and oxygen atoms in total. The predicted octanol–water partition coefficient (Wildman–Crippen LogP) is 22.8. The second-order valence-electron chi connectivity index (χ2n) is 36.6. The van der Waals surface area contributed by atoms with Gasteiger partial charge in [-0.05, 0) is 264 Å². The van der Waals surface area contributed by atoms with Crippen LogP contribution in [0.15, 0.2) is 198 Å². The number of aliphatic carboxylic acids is 1. The van der Waals surface area contributed by atoms with Gasteiger partial charge in [-0.2, -0.15) is 0 Å². The van der Waals surface area contributed by atoms with Crippen LogP contribution in [0.2, 0.25) is 0 Å². The van der Waals surface area contributed by atoms with Gasteiger partial charge in [0, 0.05) is 23.0 Å². The van der Waals surface area contributed by atoms with Crippen LogP contribution < -0.4 is 30.4 Å². The summed E-state index contributed by atoms with van der Waals surface area (Å²) >= 11 is 0. The van der Waals surface area contributed by atoms with Crippen molar-refractivity contribution in [3.8, 4) is 51.7 Å². The summed E-state index contributed by atoms with van der Waals surface area (Å²) in [7, 11) is 0. The van der Waals surface area contributed by atoms with E-state index in [-0.39, 0.29) is 130 Å². The van der Waals surface area contributed by atoms with Gasteiger partial charge in [-0.3, -0.25) is 14.8 Å². The number of nitrogens with zero attached hydrogens (tertiary/aromatic N) is 3. The van der Waals surface area contributed by atoms with Gasteiger partial charge in [-0.15, -0.1) is 0 Å². The molecule has 0 aliphatic carbocycles. The zero-order chi connectivity index (χ0) is 110. The van der Waals surface area contributed by atoms with Crippen LogP contribution in [0.5, 0.6) is 51.7 Å². The Morgan fingerprint density at radius 2 is 0.857 bits per heavy atom. The molecule has 0 amide bonds. The quantitative estimate of drug-likeness (QED) is 0.00729. The van der Waals surface area contributed by atoms with E-state index in [2.05, 4.69) is 43.7 Å². The summed E-state index contributed by atoms with van der Waals surface area (Å²) in [6.45, 7) is 25.0. The third-order valence-corrected chi connectivity index (χ3v) is 23.4. The number of unbranched alkanes of at least 4 members (excludes halogenated alkanes) is 2. The van der Waals surface area contributed by atoms with Gasteiger partial charge in [0.2, 0.25) is 5.75 Å². The van der Waals surface area contributed by atoms with Gasteiger partial charge in [0.05, 0.1) is 94.2 Å². The largest absolute Gasteiger partial charge is 0.508 e. The molecule has 0 fully saturated rings. The number of ether oxygens (including phenoxy) is 4. The van der Waals surface area contributed by atoms with E-state index in [4.69, 9.17) is 51.1 Å². The monoisotopic (exact) mass is 2060 g/mol. The first-order valence-corrected chi connectivity index (χ1v) is 50.1. The molecule has 0 spiro atoms. The Morgan fingerprint density at radius 3 is 1.31 bits per heavy atom. The molecular weight excluding hydrogens is 1890 g/mol. The smallest absolute Gasteiger partial charge is 0.306 e. The minimum Gasteiger partial charge on any atom is -0.508 e. The van der Waals surface area contributed by atoms with Crippen LogP contribution in [-0.2, 0) is 70.4 Å². The number of aliphatic imine (C=N–C) groups is 2. The van der Waals surface area contributed by atoms with Gasteiger partial charge in [0.1, 0.15) is 89.5 Å². The zero-order valence-electron chi connectivity index (χ0n) is 88.0.